The Morgan fingerprint density at radius 3 is 2.71 bits per heavy atom. The quantitative estimate of drug-likeness (QED) is 0.740. The van der Waals surface area contributed by atoms with Crippen molar-refractivity contribution in [2.45, 2.75) is 19.3 Å². The number of halogens is 1. The number of sulfone groups is 1. The summed E-state index contributed by atoms with van der Waals surface area (Å²) >= 11 is 0. The highest BCUT2D eigenvalue weighted by molar-refractivity contribution is 7.91. The lowest BCUT2D eigenvalue weighted by atomic mass is 10.0. The zero-order chi connectivity index (χ0) is 12.0. The maximum absolute atomic E-state index is 11.7. The predicted molar refractivity (Wildman–Crippen MR) is 68.1 cm³/mol. The summed E-state index contributed by atoms with van der Waals surface area (Å²) < 4.78 is 27.8. The molecule has 0 aliphatic carbocycles. The van der Waals surface area contributed by atoms with E-state index in [0.717, 1.165) is 25.9 Å². The zero-order valence-corrected chi connectivity index (χ0v) is 11.6. The van der Waals surface area contributed by atoms with E-state index in [1.165, 1.54) is 7.11 Å². The number of methoxy groups -OCH3 is 1. The van der Waals surface area contributed by atoms with Gasteiger partial charge in [0.1, 0.15) is 0 Å². The topological polar surface area (TPSA) is 72.5 Å². The highest BCUT2D eigenvalue weighted by Crippen LogP contribution is 2.13. The van der Waals surface area contributed by atoms with Gasteiger partial charge in [0.05, 0.1) is 25.0 Å². The van der Waals surface area contributed by atoms with Gasteiger partial charge in [0.15, 0.2) is 9.84 Å². The van der Waals surface area contributed by atoms with Crippen molar-refractivity contribution in [3.8, 4) is 0 Å². The van der Waals surface area contributed by atoms with Crippen LogP contribution in [0.2, 0.25) is 0 Å². The molecule has 17 heavy (non-hydrogen) atoms. The molecule has 0 saturated carbocycles. The Morgan fingerprint density at radius 1 is 1.47 bits per heavy atom. The lowest BCUT2D eigenvalue weighted by molar-refractivity contribution is -0.140. The molecule has 0 bridgehead atoms. The zero-order valence-electron chi connectivity index (χ0n) is 9.98. The number of esters is 1. The molecule has 5 nitrogen and oxygen atoms in total. The molecule has 1 atom stereocenters. The summed E-state index contributed by atoms with van der Waals surface area (Å²) in [7, 11) is -1.86. The van der Waals surface area contributed by atoms with Gasteiger partial charge in [-0.15, -0.1) is 12.4 Å². The molecule has 1 saturated heterocycles. The Hall–Kier alpha value is -0.330. The van der Waals surface area contributed by atoms with E-state index < -0.39 is 15.8 Å². The van der Waals surface area contributed by atoms with Crippen molar-refractivity contribution < 1.29 is 17.9 Å². The third kappa shape index (κ3) is 6.85. The van der Waals surface area contributed by atoms with Crippen molar-refractivity contribution in [1.82, 2.24) is 5.32 Å². The van der Waals surface area contributed by atoms with Crippen LogP contribution in [-0.2, 0) is 19.4 Å². The minimum atomic E-state index is -3.13. The molecule has 1 aliphatic heterocycles. The molecule has 1 aliphatic rings. The fourth-order valence-corrected chi connectivity index (χ4v) is 3.50. The molecule has 1 N–H and O–H groups in total. The monoisotopic (exact) mass is 285 g/mol. The molecule has 0 radical (unpaired) electrons. The minimum Gasteiger partial charge on any atom is -0.469 e. The van der Waals surface area contributed by atoms with Crippen LogP contribution >= 0.6 is 12.4 Å². The van der Waals surface area contributed by atoms with Gasteiger partial charge in [0.2, 0.25) is 0 Å². The average Bonchev–Trinajstić information content (AvgIpc) is 2.27. The van der Waals surface area contributed by atoms with E-state index in [1.807, 2.05) is 0 Å². The van der Waals surface area contributed by atoms with Crippen molar-refractivity contribution in [3.05, 3.63) is 0 Å². The number of rotatable bonds is 5. The normalized spacial score (nSPS) is 20.4. The van der Waals surface area contributed by atoms with Crippen LogP contribution in [0.1, 0.15) is 19.3 Å². The molecule has 1 heterocycles. The Kier molecular flexibility index (Phi) is 7.74. The van der Waals surface area contributed by atoms with Gasteiger partial charge in [-0.3, -0.25) is 4.79 Å². The van der Waals surface area contributed by atoms with Crippen LogP contribution in [0.4, 0.5) is 0 Å². The van der Waals surface area contributed by atoms with Crippen LogP contribution in [0.15, 0.2) is 0 Å². The summed E-state index contributed by atoms with van der Waals surface area (Å²) in [6.45, 7) is 1.73. The molecule has 1 rings (SSSR count). The summed E-state index contributed by atoms with van der Waals surface area (Å²) in [6, 6.07) is 0. The van der Waals surface area contributed by atoms with E-state index in [9.17, 15) is 13.2 Å². The Bertz CT molecular complexity index is 325. The summed E-state index contributed by atoms with van der Waals surface area (Å²) in [5, 5.41) is 3.18. The molecule has 0 aromatic rings. The van der Waals surface area contributed by atoms with Crippen molar-refractivity contribution in [2.75, 3.05) is 31.7 Å². The van der Waals surface area contributed by atoms with Crippen molar-refractivity contribution in [1.29, 1.82) is 0 Å². The number of hydrogen-bond acceptors (Lipinski definition) is 5. The van der Waals surface area contributed by atoms with Crippen LogP contribution in [0.5, 0.6) is 0 Å². The molecule has 0 amide bonds. The fraction of sp³-hybridized carbons (Fsp3) is 0.900. The predicted octanol–water partition coefficient (Wildman–Crippen LogP) is 0.386. The summed E-state index contributed by atoms with van der Waals surface area (Å²) in [5.41, 5.74) is 0. The smallest absolute Gasteiger partial charge is 0.306 e. The van der Waals surface area contributed by atoms with Crippen molar-refractivity contribution >= 4 is 28.2 Å². The Balaban J connectivity index is 0.00000256. The van der Waals surface area contributed by atoms with Crippen LogP contribution < -0.4 is 5.32 Å². The first-order valence-electron chi connectivity index (χ1n) is 5.51. The first-order valence-corrected chi connectivity index (χ1v) is 7.33. The molecular weight excluding hydrogens is 266 g/mol. The number of carbonyl (C=O) groups excluding carboxylic acids is 1. The molecule has 1 fully saturated rings. The second-order valence-electron chi connectivity index (χ2n) is 4.15. The van der Waals surface area contributed by atoms with Gasteiger partial charge in [-0.25, -0.2) is 8.42 Å². The van der Waals surface area contributed by atoms with E-state index in [0.29, 0.717) is 0 Å². The van der Waals surface area contributed by atoms with E-state index in [-0.39, 0.29) is 36.3 Å². The van der Waals surface area contributed by atoms with Gasteiger partial charge >= 0.3 is 5.97 Å². The maximum atomic E-state index is 11.7. The minimum absolute atomic E-state index is 0. The molecule has 0 aromatic carbocycles. The SMILES string of the molecule is COC(=O)CCS(=O)(=O)CC1CCCNC1.Cl. The van der Waals surface area contributed by atoms with Gasteiger partial charge < -0.3 is 10.1 Å². The molecule has 0 aromatic heterocycles. The van der Waals surface area contributed by atoms with E-state index in [2.05, 4.69) is 10.1 Å². The first kappa shape index (κ1) is 16.7. The van der Waals surface area contributed by atoms with Gasteiger partial charge in [-0.2, -0.15) is 0 Å². The molecule has 1 unspecified atom stereocenters. The average molecular weight is 286 g/mol. The number of hydrogen-bond donors (Lipinski definition) is 1. The standard InChI is InChI=1S/C10H19NO4S.ClH/c1-15-10(12)4-6-16(13,14)8-9-3-2-5-11-7-9;/h9,11H,2-8H2,1H3;1H. The van der Waals surface area contributed by atoms with E-state index >= 15 is 0 Å². The van der Waals surface area contributed by atoms with Gasteiger partial charge in [0, 0.05) is 0 Å². The summed E-state index contributed by atoms with van der Waals surface area (Å²) in [6.07, 6.45) is 1.93. The largest absolute Gasteiger partial charge is 0.469 e. The van der Waals surface area contributed by atoms with Crippen LogP contribution in [0.25, 0.3) is 0 Å². The number of piperidine rings is 1. The number of nitrogens with one attached hydrogen (secondary N) is 1. The first-order chi connectivity index (χ1) is 7.53. The summed E-state index contributed by atoms with van der Waals surface area (Å²) in [5.74, 6) is -0.200. The fourth-order valence-electron chi connectivity index (χ4n) is 1.85. The maximum Gasteiger partial charge on any atom is 0.306 e. The Morgan fingerprint density at radius 2 is 2.18 bits per heavy atom. The van der Waals surface area contributed by atoms with E-state index in [1.54, 1.807) is 0 Å². The van der Waals surface area contributed by atoms with Crippen LogP contribution in [0, 0.1) is 5.92 Å². The highest BCUT2D eigenvalue weighted by atomic mass is 35.5. The van der Waals surface area contributed by atoms with Crippen molar-refractivity contribution in [2.24, 2.45) is 5.92 Å². The van der Waals surface area contributed by atoms with Gasteiger partial charge in [-0.1, -0.05) is 0 Å². The molecule has 0 spiro atoms. The van der Waals surface area contributed by atoms with E-state index in [4.69, 9.17) is 0 Å². The third-order valence-electron chi connectivity index (χ3n) is 2.73. The van der Waals surface area contributed by atoms with Gasteiger partial charge in [-0.05, 0) is 31.8 Å². The van der Waals surface area contributed by atoms with Crippen LogP contribution in [-0.4, -0.2) is 46.1 Å². The van der Waals surface area contributed by atoms with Crippen molar-refractivity contribution in [3.63, 3.8) is 0 Å². The third-order valence-corrected chi connectivity index (χ3v) is 4.54. The summed E-state index contributed by atoms with van der Waals surface area (Å²) in [4.78, 5) is 10.9. The Labute approximate surface area is 109 Å². The lowest BCUT2D eigenvalue weighted by Gasteiger charge is -2.22. The lowest BCUT2D eigenvalue weighted by Crippen LogP contribution is -2.34. The number of carbonyl (C=O) groups is 1. The molecule has 7 heteroatoms. The number of ether oxygens (including phenoxy) is 1. The van der Waals surface area contributed by atoms with Gasteiger partial charge in [0.25, 0.3) is 0 Å². The molecular formula is C10H20ClNO4S. The second kappa shape index (κ2) is 7.89. The van der Waals surface area contributed by atoms with Crippen LogP contribution in [0.3, 0.4) is 0 Å². The second-order valence-corrected chi connectivity index (χ2v) is 6.38. The molecule has 102 valence electrons. The highest BCUT2D eigenvalue weighted by Gasteiger charge is 2.21.